The van der Waals surface area contributed by atoms with Crippen LogP contribution in [0.25, 0.3) is 0 Å². The van der Waals surface area contributed by atoms with Crippen molar-refractivity contribution in [1.82, 2.24) is 15.5 Å². The second kappa shape index (κ2) is 11.2. The highest BCUT2D eigenvalue weighted by Crippen LogP contribution is 2.17. The number of nitrogens with zero attached hydrogens (tertiary/aromatic N) is 2. The number of hydrogen-bond donors (Lipinski definition) is 2. The van der Waals surface area contributed by atoms with Crippen LogP contribution >= 0.6 is 24.0 Å². The summed E-state index contributed by atoms with van der Waals surface area (Å²) in [5, 5.41) is 6.65. The van der Waals surface area contributed by atoms with E-state index in [0.29, 0.717) is 17.5 Å². The summed E-state index contributed by atoms with van der Waals surface area (Å²) in [7, 11) is -1.41. The standard InChI is InChI=1S/C19H32N4O2S.HI/c1-15-13-17(8-9-18(15)26(4,24)25)14-22-19(20-3)21-10-12-23-11-6-5-7-16(23)2;/h8-9,13,16H,5-7,10-12,14H2,1-4H3,(H2,20,21,22);1H. The third kappa shape index (κ3) is 7.57. The van der Waals surface area contributed by atoms with Gasteiger partial charge in [0.05, 0.1) is 4.90 Å². The van der Waals surface area contributed by atoms with E-state index < -0.39 is 9.84 Å². The number of halogens is 1. The van der Waals surface area contributed by atoms with Crippen LogP contribution in [0, 0.1) is 6.92 Å². The molecular formula is C19H33IN4O2S. The van der Waals surface area contributed by atoms with E-state index in [9.17, 15) is 8.42 Å². The van der Waals surface area contributed by atoms with Crippen molar-refractivity contribution in [2.75, 3.05) is 32.9 Å². The molecule has 0 aliphatic carbocycles. The van der Waals surface area contributed by atoms with Crippen LogP contribution in [0.3, 0.4) is 0 Å². The highest BCUT2D eigenvalue weighted by atomic mass is 127. The SMILES string of the molecule is CN=C(NCCN1CCCCC1C)NCc1ccc(S(C)(=O)=O)c(C)c1.I. The molecule has 2 rings (SSSR count). The Morgan fingerprint density at radius 2 is 2.04 bits per heavy atom. The Hall–Kier alpha value is -0.870. The van der Waals surface area contributed by atoms with Crippen molar-refractivity contribution >= 4 is 39.8 Å². The van der Waals surface area contributed by atoms with Crippen molar-refractivity contribution < 1.29 is 8.42 Å². The summed E-state index contributed by atoms with van der Waals surface area (Å²) < 4.78 is 23.4. The predicted molar refractivity (Wildman–Crippen MR) is 123 cm³/mol. The quantitative estimate of drug-likeness (QED) is 0.351. The second-order valence-electron chi connectivity index (χ2n) is 7.11. The third-order valence-corrected chi connectivity index (χ3v) is 6.21. The van der Waals surface area contributed by atoms with Crippen LogP contribution in [0.1, 0.15) is 37.3 Å². The van der Waals surface area contributed by atoms with Crippen molar-refractivity contribution in [3.05, 3.63) is 29.3 Å². The fourth-order valence-electron chi connectivity index (χ4n) is 3.45. The van der Waals surface area contributed by atoms with Gasteiger partial charge in [-0.05, 0) is 50.4 Å². The molecule has 1 aromatic carbocycles. The van der Waals surface area contributed by atoms with Gasteiger partial charge in [0.2, 0.25) is 0 Å². The van der Waals surface area contributed by atoms with Crippen molar-refractivity contribution in [3.63, 3.8) is 0 Å². The van der Waals surface area contributed by atoms with Gasteiger partial charge in [-0.3, -0.25) is 9.89 Å². The second-order valence-corrected chi connectivity index (χ2v) is 9.09. The minimum Gasteiger partial charge on any atom is -0.355 e. The number of benzene rings is 1. The molecule has 1 aliphatic heterocycles. The molecule has 1 aliphatic rings. The maximum absolute atomic E-state index is 11.7. The van der Waals surface area contributed by atoms with E-state index in [1.54, 1.807) is 13.1 Å². The van der Waals surface area contributed by atoms with Gasteiger partial charge in [0.25, 0.3) is 0 Å². The molecule has 1 saturated heterocycles. The molecule has 154 valence electrons. The lowest BCUT2D eigenvalue weighted by atomic mass is 10.0. The number of nitrogens with one attached hydrogen (secondary N) is 2. The average molecular weight is 508 g/mol. The Morgan fingerprint density at radius 3 is 2.63 bits per heavy atom. The maximum Gasteiger partial charge on any atom is 0.191 e. The fraction of sp³-hybridized carbons (Fsp3) is 0.632. The Kier molecular flexibility index (Phi) is 10.0. The van der Waals surface area contributed by atoms with Crippen LogP contribution in [-0.4, -0.2) is 58.3 Å². The number of likely N-dealkylation sites (tertiary alicyclic amines) is 1. The first-order chi connectivity index (χ1) is 12.3. The lowest BCUT2D eigenvalue weighted by molar-refractivity contribution is 0.163. The molecule has 1 fully saturated rings. The molecule has 0 bridgehead atoms. The van der Waals surface area contributed by atoms with Crippen LogP contribution in [0.15, 0.2) is 28.1 Å². The highest BCUT2D eigenvalue weighted by molar-refractivity contribution is 14.0. The van der Waals surface area contributed by atoms with Gasteiger partial charge in [-0.15, -0.1) is 24.0 Å². The Bertz CT molecular complexity index is 737. The molecule has 8 heteroatoms. The van der Waals surface area contributed by atoms with E-state index in [1.807, 2.05) is 19.1 Å². The summed E-state index contributed by atoms with van der Waals surface area (Å²) in [6.07, 6.45) is 5.16. The van der Waals surface area contributed by atoms with Crippen LogP contribution in [0.5, 0.6) is 0 Å². The Morgan fingerprint density at radius 1 is 1.30 bits per heavy atom. The molecule has 1 atom stereocenters. The molecule has 0 spiro atoms. The number of sulfone groups is 1. The monoisotopic (exact) mass is 508 g/mol. The van der Waals surface area contributed by atoms with Crippen LogP contribution in [0.2, 0.25) is 0 Å². The molecule has 0 aromatic heterocycles. The molecule has 1 heterocycles. The molecule has 0 amide bonds. The number of aryl methyl sites for hydroxylation is 1. The summed E-state index contributed by atoms with van der Waals surface area (Å²) in [6, 6.07) is 6.10. The number of aliphatic imine (C=N–C) groups is 1. The molecule has 0 radical (unpaired) electrons. The maximum atomic E-state index is 11.7. The Labute approximate surface area is 181 Å². The number of piperidine rings is 1. The molecule has 27 heavy (non-hydrogen) atoms. The summed E-state index contributed by atoms with van der Waals surface area (Å²) in [5.74, 6) is 0.763. The molecule has 1 unspecified atom stereocenters. The van der Waals surface area contributed by atoms with Gasteiger partial charge in [-0.1, -0.05) is 18.6 Å². The summed E-state index contributed by atoms with van der Waals surface area (Å²) in [4.78, 5) is 7.18. The zero-order chi connectivity index (χ0) is 19.2. The van der Waals surface area contributed by atoms with E-state index in [2.05, 4.69) is 27.4 Å². The van der Waals surface area contributed by atoms with E-state index in [0.717, 1.165) is 30.2 Å². The van der Waals surface area contributed by atoms with Gasteiger partial charge in [0.15, 0.2) is 15.8 Å². The summed E-state index contributed by atoms with van der Waals surface area (Å²) in [5.41, 5.74) is 1.80. The summed E-state index contributed by atoms with van der Waals surface area (Å²) >= 11 is 0. The van der Waals surface area contributed by atoms with Gasteiger partial charge in [0.1, 0.15) is 0 Å². The third-order valence-electron chi connectivity index (χ3n) is 4.95. The lowest BCUT2D eigenvalue weighted by Gasteiger charge is -2.33. The number of guanidine groups is 1. The van der Waals surface area contributed by atoms with Gasteiger partial charge < -0.3 is 10.6 Å². The van der Waals surface area contributed by atoms with Crippen LogP contribution < -0.4 is 10.6 Å². The number of rotatable bonds is 6. The molecule has 1 aromatic rings. The predicted octanol–water partition coefficient (Wildman–Crippen LogP) is 2.56. The number of hydrogen-bond acceptors (Lipinski definition) is 4. The Balaban J connectivity index is 0.00000364. The normalized spacial score (nSPS) is 18.7. The van der Waals surface area contributed by atoms with E-state index >= 15 is 0 Å². The zero-order valence-electron chi connectivity index (χ0n) is 16.8. The largest absolute Gasteiger partial charge is 0.355 e. The smallest absolute Gasteiger partial charge is 0.191 e. The first-order valence-corrected chi connectivity index (χ1v) is 11.2. The zero-order valence-corrected chi connectivity index (χ0v) is 19.9. The highest BCUT2D eigenvalue weighted by Gasteiger charge is 2.17. The van der Waals surface area contributed by atoms with E-state index in [-0.39, 0.29) is 24.0 Å². The molecule has 2 N–H and O–H groups in total. The van der Waals surface area contributed by atoms with Crippen molar-refractivity contribution in [2.24, 2.45) is 4.99 Å². The van der Waals surface area contributed by atoms with E-state index in [4.69, 9.17) is 0 Å². The lowest BCUT2D eigenvalue weighted by Crippen LogP contribution is -2.45. The minimum atomic E-state index is -3.17. The molecule has 0 saturated carbocycles. The molecule has 6 nitrogen and oxygen atoms in total. The topological polar surface area (TPSA) is 73.8 Å². The fourth-order valence-corrected chi connectivity index (χ4v) is 4.41. The van der Waals surface area contributed by atoms with Gasteiger partial charge in [0, 0.05) is 39.0 Å². The van der Waals surface area contributed by atoms with Crippen molar-refractivity contribution in [1.29, 1.82) is 0 Å². The molecular weight excluding hydrogens is 475 g/mol. The first-order valence-electron chi connectivity index (χ1n) is 9.29. The van der Waals surface area contributed by atoms with E-state index in [1.165, 1.54) is 32.1 Å². The van der Waals surface area contributed by atoms with Gasteiger partial charge in [-0.2, -0.15) is 0 Å². The van der Waals surface area contributed by atoms with Gasteiger partial charge in [-0.25, -0.2) is 8.42 Å². The van der Waals surface area contributed by atoms with Crippen molar-refractivity contribution in [3.8, 4) is 0 Å². The van der Waals surface area contributed by atoms with Gasteiger partial charge >= 0.3 is 0 Å². The minimum absolute atomic E-state index is 0. The van der Waals surface area contributed by atoms with Crippen LogP contribution in [0.4, 0.5) is 0 Å². The first kappa shape index (κ1) is 24.2. The average Bonchev–Trinajstić information content (AvgIpc) is 2.58. The van der Waals surface area contributed by atoms with Crippen molar-refractivity contribution in [2.45, 2.75) is 50.6 Å². The summed E-state index contributed by atoms with van der Waals surface area (Å²) in [6.45, 7) is 7.78. The van der Waals surface area contributed by atoms with Crippen LogP contribution in [-0.2, 0) is 16.4 Å².